The number of hydrogen-bond donors (Lipinski definition) is 0. The van der Waals surface area contributed by atoms with Crippen LogP contribution >= 0.6 is 0 Å². The van der Waals surface area contributed by atoms with Gasteiger partial charge >= 0.3 is 0 Å². The molecule has 25 heavy (non-hydrogen) atoms. The van der Waals surface area contributed by atoms with Gasteiger partial charge in [-0.25, -0.2) is 4.39 Å². The number of hydrogen-bond acceptors (Lipinski definition) is 0. The van der Waals surface area contributed by atoms with Crippen molar-refractivity contribution in [1.82, 2.24) is 0 Å². The van der Waals surface area contributed by atoms with Crippen molar-refractivity contribution in [3.05, 3.63) is 34.6 Å². The molecule has 0 N–H and O–H groups in total. The van der Waals surface area contributed by atoms with Gasteiger partial charge in [0, 0.05) is 0 Å². The smallest absolute Gasteiger partial charge is 0.126 e. The van der Waals surface area contributed by atoms with Crippen LogP contribution in [0.4, 0.5) is 4.39 Å². The van der Waals surface area contributed by atoms with E-state index in [2.05, 4.69) is 19.9 Å². The molecule has 1 heteroatoms. The van der Waals surface area contributed by atoms with Gasteiger partial charge in [-0.1, -0.05) is 39.2 Å². The molecule has 0 nitrogen and oxygen atoms in total. The van der Waals surface area contributed by atoms with Gasteiger partial charge in [0.25, 0.3) is 0 Å². The third-order valence-corrected chi connectivity index (χ3v) is 7.97. The Hall–Kier alpha value is -0.850. The second kappa shape index (κ2) is 7.41. The summed E-state index contributed by atoms with van der Waals surface area (Å²) in [5.74, 6) is 4.25. The van der Waals surface area contributed by atoms with Crippen LogP contribution in [-0.2, 0) is 12.8 Å². The van der Waals surface area contributed by atoms with Crippen LogP contribution in [0.15, 0.2) is 12.1 Å². The fraction of sp³-hybridized carbons (Fsp3) is 0.750. The molecule has 138 valence electrons. The molecule has 2 saturated carbocycles. The molecular weight excluding hydrogens is 307 g/mol. The molecule has 0 bridgehead atoms. The van der Waals surface area contributed by atoms with E-state index in [0.29, 0.717) is 11.8 Å². The molecule has 4 rings (SSSR count). The van der Waals surface area contributed by atoms with Gasteiger partial charge in [-0.15, -0.1) is 0 Å². The van der Waals surface area contributed by atoms with Gasteiger partial charge in [-0.3, -0.25) is 0 Å². The fourth-order valence-corrected chi connectivity index (χ4v) is 6.16. The highest BCUT2D eigenvalue weighted by Crippen LogP contribution is 2.48. The molecule has 0 spiro atoms. The van der Waals surface area contributed by atoms with Crippen LogP contribution in [0.1, 0.15) is 94.2 Å². The lowest BCUT2D eigenvalue weighted by molar-refractivity contribution is 0.116. The Morgan fingerprint density at radius 1 is 0.880 bits per heavy atom. The van der Waals surface area contributed by atoms with Crippen LogP contribution < -0.4 is 0 Å². The summed E-state index contributed by atoms with van der Waals surface area (Å²) in [5, 5.41) is 0. The summed E-state index contributed by atoms with van der Waals surface area (Å²) >= 11 is 0. The van der Waals surface area contributed by atoms with E-state index in [4.69, 9.17) is 0 Å². The molecular formula is C24H35F. The van der Waals surface area contributed by atoms with E-state index >= 15 is 0 Å². The van der Waals surface area contributed by atoms with Crippen molar-refractivity contribution in [2.75, 3.05) is 0 Å². The van der Waals surface area contributed by atoms with E-state index < -0.39 is 0 Å². The molecule has 5 atom stereocenters. The SMILES string of the molecule is CCC1CCc2cc(C3CCC4CC(CC)CCC4C3)cc(F)c2C1. The Labute approximate surface area is 153 Å². The lowest BCUT2D eigenvalue weighted by atomic mass is 9.63. The van der Waals surface area contributed by atoms with Crippen LogP contribution in [0.2, 0.25) is 0 Å². The van der Waals surface area contributed by atoms with Crippen LogP contribution in [0.3, 0.4) is 0 Å². The van der Waals surface area contributed by atoms with Crippen molar-refractivity contribution in [2.24, 2.45) is 23.7 Å². The van der Waals surface area contributed by atoms with Crippen molar-refractivity contribution in [3.63, 3.8) is 0 Å². The van der Waals surface area contributed by atoms with Gasteiger partial charge in [-0.2, -0.15) is 0 Å². The molecule has 1 aromatic carbocycles. The standard InChI is InChI=1S/C24H35F/c1-3-16-5-7-19-13-20(10-9-18(19)11-16)22-14-21-8-6-17(4-2)12-23(21)24(25)15-22/h14-20H,3-13H2,1-2H3. The van der Waals surface area contributed by atoms with E-state index in [9.17, 15) is 4.39 Å². The summed E-state index contributed by atoms with van der Waals surface area (Å²) in [4.78, 5) is 0. The van der Waals surface area contributed by atoms with Crippen LogP contribution in [-0.4, -0.2) is 0 Å². The lowest BCUT2D eigenvalue weighted by Crippen LogP contribution is -2.30. The number of benzene rings is 1. The molecule has 0 aliphatic heterocycles. The van der Waals surface area contributed by atoms with Crippen molar-refractivity contribution in [2.45, 2.75) is 90.4 Å². The second-order valence-corrected chi connectivity index (χ2v) is 9.27. The summed E-state index contributed by atoms with van der Waals surface area (Å²) in [6, 6.07) is 4.31. The second-order valence-electron chi connectivity index (χ2n) is 9.27. The first-order valence-corrected chi connectivity index (χ1v) is 11.0. The summed E-state index contributed by atoms with van der Waals surface area (Å²) < 4.78 is 14.8. The minimum atomic E-state index is 0.0995. The third-order valence-electron chi connectivity index (χ3n) is 7.97. The highest BCUT2D eigenvalue weighted by Gasteiger charge is 2.36. The predicted molar refractivity (Wildman–Crippen MR) is 103 cm³/mol. The molecule has 1 aromatic rings. The Morgan fingerprint density at radius 2 is 1.64 bits per heavy atom. The van der Waals surface area contributed by atoms with E-state index in [1.165, 1.54) is 68.9 Å². The van der Waals surface area contributed by atoms with Gasteiger partial charge in [0.05, 0.1) is 0 Å². The minimum Gasteiger partial charge on any atom is -0.207 e. The molecule has 0 heterocycles. The molecule has 0 radical (unpaired) electrons. The van der Waals surface area contributed by atoms with E-state index in [0.717, 1.165) is 36.2 Å². The zero-order chi connectivity index (χ0) is 17.4. The highest BCUT2D eigenvalue weighted by atomic mass is 19.1. The van der Waals surface area contributed by atoms with Crippen LogP contribution in [0, 0.1) is 29.5 Å². The van der Waals surface area contributed by atoms with Crippen LogP contribution in [0.5, 0.6) is 0 Å². The summed E-state index contributed by atoms with van der Waals surface area (Å²) in [6.07, 6.45) is 14.2. The van der Waals surface area contributed by atoms with Crippen LogP contribution in [0.25, 0.3) is 0 Å². The largest absolute Gasteiger partial charge is 0.207 e. The lowest BCUT2D eigenvalue weighted by Gasteiger charge is -2.42. The Morgan fingerprint density at radius 3 is 2.44 bits per heavy atom. The van der Waals surface area contributed by atoms with E-state index in [1.807, 2.05) is 6.07 Å². The van der Waals surface area contributed by atoms with Crippen molar-refractivity contribution < 1.29 is 4.39 Å². The first kappa shape index (κ1) is 17.6. The van der Waals surface area contributed by atoms with Gasteiger partial charge in [0.1, 0.15) is 5.82 Å². The average Bonchev–Trinajstić information content (AvgIpc) is 2.66. The van der Waals surface area contributed by atoms with Crippen molar-refractivity contribution in [3.8, 4) is 0 Å². The van der Waals surface area contributed by atoms with Gasteiger partial charge in [0.2, 0.25) is 0 Å². The first-order valence-electron chi connectivity index (χ1n) is 11.0. The van der Waals surface area contributed by atoms with Crippen molar-refractivity contribution >= 4 is 0 Å². The molecule has 5 unspecified atom stereocenters. The number of halogens is 1. The number of aryl methyl sites for hydroxylation is 1. The maximum Gasteiger partial charge on any atom is 0.126 e. The summed E-state index contributed by atoms with van der Waals surface area (Å²) in [7, 11) is 0. The topological polar surface area (TPSA) is 0 Å². The molecule has 3 aliphatic rings. The molecule has 0 saturated heterocycles. The summed E-state index contributed by atoms with van der Waals surface area (Å²) in [5.41, 5.74) is 3.69. The monoisotopic (exact) mass is 342 g/mol. The third kappa shape index (κ3) is 3.53. The fourth-order valence-electron chi connectivity index (χ4n) is 6.16. The Balaban J connectivity index is 1.49. The van der Waals surface area contributed by atoms with Crippen molar-refractivity contribution in [1.29, 1.82) is 0 Å². The minimum absolute atomic E-state index is 0.0995. The number of rotatable bonds is 3. The maximum absolute atomic E-state index is 14.8. The van der Waals surface area contributed by atoms with Gasteiger partial charge < -0.3 is 0 Å². The molecule has 2 fully saturated rings. The zero-order valence-electron chi connectivity index (χ0n) is 16.2. The molecule has 0 aromatic heterocycles. The maximum atomic E-state index is 14.8. The van der Waals surface area contributed by atoms with E-state index in [-0.39, 0.29) is 5.82 Å². The van der Waals surface area contributed by atoms with Gasteiger partial charge in [-0.05, 0) is 104 Å². The predicted octanol–water partition coefficient (Wildman–Crippen LogP) is 7.05. The first-order chi connectivity index (χ1) is 12.2. The summed E-state index contributed by atoms with van der Waals surface area (Å²) in [6.45, 7) is 4.60. The number of fused-ring (bicyclic) bond motifs is 2. The van der Waals surface area contributed by atoms with E-state index in [1.54, 1.807) is 0 Å². The Kier molecular flexibility index (Phi) is 5.20. The quantitative estimate of drug-likeness (QED) is 0.552. The zero-order valence-corrected chi connectivity index (χ0v) is 16.2. The molecule has 0 amide bonds. The highest BCUT2D eigenvalue weighted by molar-refractivity contribution is 5.37. The van der Waals surface area contributed by atoms with Gasteiger partial charge in [0.15, 0.2) is 0 Å². The average molecular weight is 343 g/mol. The molecule has 3 aliphatic carbocycles. The normalized spacial score (nSPS) is 35.1. The Bertz CT molecular complexity index is 604.